The molecule has 18 heavy (non-hydrogen) atoms. The molecule has 0 saturated heterocycles. The van der Waals surface area contributed by atoms with E-state index < -0.39 is 13.1 Å². The summed E-state index contributed by atoms with van der Waals surface area (Å²) in [4.78, 5) is 15.3. The Morgan fingerprint density at radius 2 is 2.22 bits per heavy atom. The Morgan fingerprint density at radius 3 is 2.89 bits per heavy atom. The van der Waals surface area contributed by atoms with Gasteiger partial charge in [0, 0.05) is 12.4 Å². The topological polar surface area (TPSA) is 97.5 Å². The molecule has 0 bridgehead atoms. The van der Waals surface area contributed by atoms with Gasteiger partial charge >= 0.3 is 13.1 Å². The zero-order chi connectivity index (χ0) is 13.1. The van der Waals surface area contributed by atoms with Crippen LogP contribution in [0.15, 0.2) is 30.6 Å². The van der Waals surface area contributed by atoms with Crippen LogP contribution < -0.4 is 5.46 Å². The van der Waals surface area contributed by atoms with Gasteiger partial charge in [0.05, 0.1) is 7.11 Å². The van der Waals surface area contributed by atoms with E-state index in [1.807, 2.05) is 0 Å². The van der Waals surface area contributed by atoms with Gasteiger partial charge in [0.1, 0.15) is 0 Å². The highest BCUT2D eigenvalue weighted by molar-refractivity contribution is 6.58. The first-order valence-electron chi connectivity index (χ1n) is 5.08. The van der Waals surface area contributed by atoms with Crippen molar-refractivity contribution in [3.05, 3.63) is 36.3 Å². The molecule has 0 aliphatic carbocycles. The van der Waals surface area contributed by atoms with E-state index in [4.69, 9.17) is 10.0 Å². The Kier molecular flexibility index (Phi) is 3.40. The fraction of sp³-hybridized carbons (Fsp3) is 0.100. The zero-order valence-corrected chi connectivity index (χ0v) is 9.52. The van der Waals surface area contributed by atoms with Crippen LogP contribution in [0.4, 0.5) is 0 Å². The van der Waals surface area contributed by atoms with E-state index >= 15 is 0 Å². The molecule has 0 aliphatic heterocycles. The second kappa shape index (κ2) is 4.99. The fourth-order valence-corrected chi connectivity index (χ4v) is 1.39. The second-order valence-electron chi connectivity index (χ2n) is 3.46. The van der Waals surface area contributed by atoms with Crippen LogP contribution in [0, 0.1) is 0 Å². The van der Waals surface area contributed by atoms with Crippen LogP contribution >= 0.6 is 0 Å². The summed E-state index contributed by atoms with van der Waals surface area (Å²) in [6.45, 7) is 0. The highest BCUT2D eigenvalue weighted by Crippen LogP contribution is 2.04. The molecule has 2 aromatic heterocycles. The molecule has 0 atom stereocenters. The lowest BCUT2D eigenvalue weighted by atomic mass is 9.81. The van der Waals surface area contributed by atoms with Crippen molar-refractivity contribution in [2.75, 3.05) is 7.11 Å². The number of hydrogen-bond acceptors (Lipinski definition) is 6. The van der Waals surface area contributed by atoms with Gasteiger partial charge < -0.3 is 14.8 Å². The molecular weight excluding hydrogens is 237 g/mol. The first-order chi connectivity index (χ1) is 8.61. The second-order valence-corrected chi connectivity index (χ2v) is 3.46. The number of carbonyl (C=O) groups is 1. The first kappa shape index (κ1) is 12.3. The molecule has 2 heterocycles. The summed E-state index contributed by atoms with van der Waals surface area (Å²) in [6.07, 6.45) is 2.95. The van der Waals surface area contributed by atoms with Crippen LogP contribution in [0.2, 0.25) is 0 Å². The minimum Gasteiger partial charge on any atom is -0.464 e. The van der Waals surface area contributed by atoms with Crippen molar-refractivity contribution < 1.29 is 19.6 Å². The minimum atomic E-state index is -1.58. The minimum absolute atomic E-state index is 0.147. The molecule has 0 aromatic carbocycles. The van der Waals surface area contributed by atoms with E-state index in [2.05, 4.69) is 14.8 Å². The van der Waals surface area contributed by atoms with Gasteiger partial charge in [0.25, 0.3) is 0 Å². The van der Waals surface area contributed by atoms with E-state index in [9.17, 15) is 4.79 Å². The standard InChI is InChI=1S/C10H10BN3O4/c1-18-10(15)8-3-5-14(13-8)9-6-7(11(16)17)2-4-12-9/h2-6,16-17H,1H3. The number of methoxy groups -OCH3 is 1. The smallest absolute Gasteiger partial charge is 0.464 e. The van der Waals surface area contributed by atoms with Gasteiger partial charge in [0.2, 0.25) is 0 Å². The van der Waals surface area contributed by atoms with Crippen LogP contribution in [0.3, 0.4) is 0 Å². The molecule has 0 radical (unpaired) electrons. The maximum Gasteiger partial charge on any atom is 0.488 e. The number of esters is 1. The lowest BCUT2D eigenvalue weighted by Crippen LogP contribution is -2.30. The Morgan fingerprint density at radius 1 is 1.44 bits per heavy atom. The van der Waals surface area contributed by atoms with Crippen LogP contribution in [0.5, 0.6) is 0 Å². The average molecular weight is 247 g/mol. The Balaban J connectivity index is 2.34. The van der Waals surface area contributed by atoms with Crippen LogP contribution in [-0.2, 0) is 4.74 Å². The van der Waals surface area contributed by atoms with Gasteiger partial charge in [-0.1, -0.05) is 0 Å². The van der Waals surface area contributed by atoms with E-state index in [1.165, 1.54) is 42.4 Å². The van der Waals surface area contributed by atoms with Crippen LogP contribution in [0.1, 0.15) is 10.5 Å². The van der Waals surface area contributed by atoms with Gasteiger partial charge in [-0.25, -0.2) is 14.5 Å². The highest BCUT2D eigenvalue weighted by Gasteiger charge is 2.14. The van der Waals surface area contributed by atoms with E-state index in [0.717, 1.165) is 0 Å². The van der Waals surface area contributed by atoms with E-state index in [-0.39, 0.29) is 11.2 Å². The first-order valence-corrected chi connectivity index (χ1v) is 5.08. The van der Waals surface area contributed by atoms with Crippen molar-refractivity contribution in [1.82, 2.24) is 14.8 Å². The number of rotatable bonds is 3. The van der Waals surface area contributed by atoms with Crippen LogP contribution in [0.25, 0.3) is 5.82 Å². The molecule has 0 unspecified atom stereocenters. The Labute approximate surface area is 103 Å². The van der Waals surface area contributed by atoms with Crippen molar-refractivity contribution in [2.45, 2.75) is 0 Å². The van der Waals surface area contributed by atoms with Gasteiger partial charge in [-0.3, -0.25) is 0 Å². The van der Waals surface area contributed by atoms with Crippen molar-refractivity contribution in [3.8, 4) is 5.82 Å². The monoisotopic (exact) mass is 247 g/mol. The summed E-state index contributed by atoms with van der Waals surface area (Å²) in [5, 5.41) is 22.1. The number of hydrogen-bond donors (Lipinski definition) is 2. The highest BCUT2D eigenvalue weighted by atomic mass is 16.5. The third-order valence-corrected chi connectivity index (χ3v) is 2.29. The van der Waals surface area contributed by atoms with Crippen molar-refractivity contribution in [1.29, 1.82) is 0 Å². The Bertz CT molecular complexity index is 570. The summed E-state index contributed by atoms with van der Waals surface area (Å²) in [7, 11) is -0.315. The molecule has 0 aliphatic rings. The molecule has 8 heteroatoms. The predicted octanol–water partition coefficient (Wildman–Crippen LogP) is -1.27. The van der Waals surface area contributed by atoms with Crippen LogP contribution in [-0.4, -0.2) is 45.0 Å². The number of pyridine rings is 1. The lowest BCUT2D eigenvalue weighted by molar-refractivity contribution is 0.0593. The van der Waals surface area contributed by atoms with E-state index in [0.29, 0.717) is 5.82 Å². The fourth-order valence-electron chi connectivity index (χ4n) is 1.39. The third kappa shape index (κ3) is 2.39. The summed E-state index contributed by atoms with van der Waals surface area (Å²) in [5.41, 5.74) is 0.435. The number of aromatic nitrogens is 3. The van der Waals surface area contributed by atoms with Crippen molar-refractivity contribution >= 4 is 18.6 Å². The molecule has 0 fully saturated rings. The molecule has 0 saturated carbocycles. The third-order valence-electron chi connectivity index (χ3n) is 2.29. The molecule has 2 N–H and O–H groups in total. The predicted molar refractivity (Wildman–Crippen MR) is 62.5 cm³/mol. The molecular formula is C10H10BN3O4. The summed E-state index contributed by atoms with van der Waals surface area (Å²) in [6, 6.07) is 4.41. The maximum absolute atomic E-state index is 11.2. The molecule has 92 valence electrons. The quantitative estimate of drug-likeness (QED) is 0.518. The van der Waals surface area contributed by atoms with Gasteiger partial charge in [-0.05, 0) is 23.7 Å². The summed E-state index contributed by atoms with van der Waals surface area (Å²) in [5.74, 6) is -0.178. The normalized spacial score (nSPS) is 10.2. The maximum atomic E-state index is 11.2. The number of ether oxygens (including phenoxy) is 1. The molecule has 0 spiro atoms. The van der Waals surface area contributed by atoms with Crippen molar-refractivity contribution in [3.63, 3.8) is 0 Å². The zero-order valence-electron chi connectivity index (χ0n) is 9.52. The molecule has 0 amide bonds. The molecule has 2 aromatic rings. The van der Waals surface area contributed by atoms with Crippen molar-refractivity contribution in [2.24, 2.45) is 0 Å². The van der Waals surface area contributed by atoms with E-state index in [1.54, 1.807) is 0 Å². The van der Waals surface area contributed by atoms with Gasteiger partial charge in [-0.15, -0.1) is 0 Å². The largest absolute Gasteiger partial charge is 0.488 e. The van der Waals surface area contributed by atoms with Gasteiger partial charge in [-0.2, -0.15) is 5.10 Å². The SMILES string of the molecule is COC(=O)c1ccn(-c2cc(B(O)O)ccn2)n1. The average Bonchev–Trinajstić information content (AvgIpc) is 2.87. The van der Waals surface area contributed by atoms with Gasteiger partial charge in [0.15, 0.2) is 11.5 Å². The number of nitrogens with zero attached hydrogens (tertiary/aromatic N) is 3. The molecule has 2 rings (SSSR count). The number of carbonyl (C=O) groups excluding carboxylic acids is 1. The summed E-state index contributed by atoms with van der Waals surface area (Å²) < 4.78 is 5.88. The molecule has 7 nitrogen and oxygen atoms in total. The lowest BCUT2D eigenvalue weighted by Gasteiger charge is -2.03. The summed E-state index contributed by atoms with van der Waals surface area (Å²) >= 11 is 0. The Hall–Kier alpha value is -2.19.